The molecule has 24 heavy (non-hydrogen) atoms. The fourth-order valence-electron chi connectivity index (χ4n) is 3.31. The van der Waals surface area contributed by atoms with Gasteiger partial charge < -0.3 is 15.5 Å². The molecule has 0 radical (unpaired) electrons. The topological polar surface area (TPSA) is 61.4 Å². The van der Waals surface area contributed by atoms with Crippen LogP contribution in [0.3, 0.4) is 0 Å². The average Bonchev–Trinajstić information content (AvgIpc) is 2.92. The molecule has 0 aromatic heterocycles. The summed E-state index contributed by atoms with van der Waals surface area (Å²) in [5.74, 6) is 0.186. The molecule has 2 fully saturated rings. The molecule has 1 aromatic carbocycles. The number of carbonyl (C=O) groups excluding carboxylic acids is 2. The predicted molar refractivity (Wildman–Crippen MR) is 100 cm³/mol. The van der Waals surface area contributed by atoms with Crippen molar-refractivity contribution < 1.29 is 9.59 Å². The van der Waals surface area contributed by atoms with Crippen LogP contribution in [0.4, 0.5) is 5.69 Å². The molecular formula is C17H23BrClN3O2. The van der Waals surface area contributed by atoms with Crippen LogP contribution in [0.25, 0.3) is 0 Å². The third-order valence-electron chi connectivity index (χ3n) is 4.73. The van der Waals surface area contributed by atoms with Crippen molar-refractivity contribution in [2.45, 2.75) is 25.8 Å². The number of benzene rings is 1. The summed E-state index contributed by atoms with van der Waals surface area (Å²) in [6, 6.07) is 7.84. The van der Waals surface area contributed by atoms with E-state index in [1.807, 2.05) is 24.3 Å². The lowest BCUT2D eigenvalue weighted by molar-refractivity contribution is -0.127. The summed E-state index contributed by atoms with van der Waals surface area (Å²) >= 11 is 3.42. The van der Waals surface area contributed by atoms with Crippen molar-refractivity contribution >= 4 is 45.8 Å². The molecule has 132 valence electrons. The van der Waals surface area contributed by atoms with Gasteiger partial charge in [-0.1, -0.05) is 28.9 Å². The standard InChI is InChI=1S/C17H22BrN3O2.ClH/c1-11-9-19-6-5-15(11)20-17(23)12-7-16(22)21(10-12)14-4-2-3-13(18)8-14;/h2-4,8,11-12,15,19H,5-7,9-10H2,1H3,(H,20,23);1H. The Bertz CT molecular complexity index is 613. The second kappa shape index (κ2) is 8.32. The Balaban J connectivity index is 0.00000208. The zero-order valence-corrected chi connectivity index (χ0v) is 16.0. The highest BCUT2D eigenvalue weighted by molar-refractivity contribution is 9.10. The number of rotatable bonds is 3. The van der Waals surface area contributed by atoms with E-state index in [4.69, 9.17) is 0 Å². The van der Waals surface area contributed by atoms with Gasteiger partial charge in [0.1, 0.15) is 0 Å². The van der Waals surface area contributed by atoms with Crippen LogP contribution in [0.2, 0.25) is 0 Å². The van der Waals surface area contributed by atoms with Gasteiger partial charge in [0, 0.05) is 29.2 Å². The first kappa shape index (κ1) is 19.2. The minimum atomic E-state index is -0.261. The Kier molecular flexibility index (Phi) is 6.66. The molecule has 0 aliphatic carbocycles. The summed E-state index contributed by atoms with van der Waals surface area (Å²) < 4.78 is 0.930. The largest absolute Gasteiger partial charge is 0.353 e. The van der Waals surface area contributed by atoms with Gasteiger partial charge in [0.25, 0.3) is 0 Å². The number of nitrogens with one attached hydrogen (secondary N) is 2. The number of nitrogens with zero attached hydrogens (tertiary/aromatic N) is 1. The van der Waals surface area contributed by atoms with Crippen LogP contribution in [-0.2, 0) is 9.59 Å². The van der Waals surface area contributed by atoms with Gasteiger partial charge in [-0.2, -0.15) is 0 Å². The van der Waals surface area contributed by atoms with Gasteiger partial charge in [0.2, 0.25) is 11.8 Å². The van der Waals surface area contributed by atoms with E-state index in [-0.39, 0.29) is 42.6 Å². The first-order valence-electron chi connectivity index (χ1n) is 8.11. The molecular weight excluding hydrogens is 394 g/mol. The van der Waals surface area contributed by atoms with Gasteiger partial charge in [-0.05, 0) is 43.6 Å². The van der Waals surface area contributed by atoms with E-state index in [0.717, 1.165) is 29.7 Å². The highest BCUT2D eigenvalue weighted by Gasteiger charge is 2.36. The lowest BCUT2D eigenvalue weighted by Gasteiger charge is -2.31. The minimum Gasteiger partial charge on any atom is -0.353 e. The molecule has 0 saturated carbocycles. The molecule has 2 saturated heterocycles. The van der Waals surface area contributed by atoms with Gasteiger partial charge in [0.05, 0.1) is 5.92 Å². The number of hydrogen-bond donors (Lipinski definition) is 2. The second-order valence-electron chi connectivity index (χ2n) is 6.47. The highest BCUT2D eigenvalue weighted by atomic mass is 79.9. The zero-order valence-electron chi connectivity index (χ0n) is 13.6. The third kappa shape index (κ3) is 4.29. The molecule has 1 aromatic rings. The van der Waals surface area contributed by atoms with Crippen LogP contribution in [0.15, 0.2) is 28.7 Å². The lowest BCUT2D eigenvalue weighted by Crippen LogP contribution is -2.50. The summed E-state index contributed by atoms with van der Waals surface area (Å²) in [7, 11) is 0. The van der Waals surface area contributed by atoms with Gasteiger partial charge in [-0.3, -0.25) is 9.59 Å². The van der Waals surface area contributed by atoms with Gasteiger partial charge in [0.15, 0.2) is 0 Å². The fraction of sp³-hybridized carbons (Fsp3) is 0.529. The third-order valence-corrected chi connectivity index (χ3v) is 5.22. The molecule has 3 atom stereocenters. The van der Waals surface area contributed by atoms with Crippen LogP contribution >= 0.6 is 28.3 Å². The van der Waals surface area contributed by atoms with Crippen molar-refractivity contribution in [1.29, 1.82) is 0 Å². The molecule has 0 spiro atoms. The van der Waals surface area contributed by atoms with Crippen molar-refractivity contribution in [3.63, 3.8) is 0 Å². The van der Waals surface area contributed by atoms with Crippen molar-refractivity contribution in [2.24, 2.45) is 11.8 Å². The van der Waals surface area contributed by atoms with Crippen molar-refractivity contribution in [1.82, 2.24) is 10.6 Å². The van der Waals surface area contributed by atoms with E-state index in [1.165, 1.54) is 0 Å². The quantitative estimate of drug-likeness (QED) is 0.795. The molecule has 2 heterocycles. The molecule has 2 aliphatic rings. The maximum atomic E-state index is 12.5. The number of amides is 2. The molecule has 2 aliphatic heterocycles. The molecule has 2 N–H and O–H groups in total. The summed E-state index contributed by atoms with van der Waals surface area (Å²) in [6.45, 7) is 4.47. The summed E-state index contributed by atoms with van der Waals surface area (Å²) in [6.07, 6.45) is 1.24. The highest BCUT2D eigenvalue weighted by Crippen LogP contribution is 2.27. The molecule has 5 nitrogen and oxygen atoms in total. The second-order valence-corrected chi connectivity index (χ2v) is 7.39. The van der Waals surface area contributed by atoms with Crippen molar-refractivity contribution in [2.75, 3.05) is 24.5 Å². The van der Waals surface area contributed by atoms with Gasteiger partial charge >= 0.3 is 0 Å². The lowest BCUT2D eigenvalue weighted by atomic mass is 9.94. The zero-order chi connectivity index (χ0) is 16.4. The molecule has 3 rings (SSSR count). The van der Waals surface area contributed by atoms with Crippen molar-refractivity contribution in [3.05, 3.63) is 28.7 Å². The van der Waals surface area contributed by atoms with E-state index in [1.54, 1.807) is 4.90 Å². The normalized spacial score (nSPS) is 26.8. The van der Waals surface area contributed by atoms with E-state index >= 15 is 0 Å². The number of piperidine rings is 1. The molecule has 2 amide bonds. The Labute approximate surface area is 157 Å². The Morgan fingerprint density at radius 1 is 1.42 bits per heavy atom. The summed E-state index contributed by atoms with van der Waals surface area (Å²) in [5, 5.41) is 6.48. The molecule has 3 unspecified atom stereocenters. The van der Waals surface area contributed by atoms with E-state index in [0.29, 0.717) is 12.5 Å². The van der Waals surface area contributed by atoms with E-state index in [2.05, 4.69) is 33.5 Å². The number of halogens is 2. The van der Waals surface area contributed by atoms with Crippen LogP contribution in [0.5, 0.6) is 0 Å². The van der Waals surface area contributed by atoms with Crippen LogP contribution < -0.4 is 15.5 Å². The molecule has 0 bridgehead atoms. The van der Waals surface area contributed by atoms with E-state index in [9.17, 15) is 9.59 Å². The van der Waals surface area contributed by atoms with E-state index < -0.39 is 0 Å². The Morgan fingerprint density at radius 3 is 2.92 bits per heavy atom. The first-order valence-corrected chi connectivity index (χ1v) is 8.91. The number of anilines is 1. The van der Waals surface area contributed by atoms with Crippen molar-refractivity contribution in [3.8, 4) is 0 Å². The average molecular weight is 417 g/mol. The van der Waals surface area contributed by atoms with Crippen LogP contribution in [-0.4, -0.2) is 37.5 Å². The summed E-state index contributed by atoms with van der Waals surface area (Å²) in [4.78, 5) is 26.5. The molecule has 7 heteroatoms. The maximum absolute atomic E-state index is 12.5. The Hall–Kier alpha value is -1.11. The SMILES string of the molecule is CC1CNCCC1NC(=O)C1CC(=O)N(c2cccc(Br)c2)C1.Cl. The van der Waals surface area contributed by atoms with Gasteiger partial charge in [-0.25, -0.2) is 0 Å². The maximum Gasteiger partial charge on any atom is 0.227 e. The monoisotopic (exact) mass is 415 g/mol. The Morgan fingerprint density at radius 2 is 2.21 bits per heavy atom. The van der Waals surface area contributed by atoms with Crippen LogP contribution in [0, 0.1) is 11.8 Å². The minimum absolute atomic E-state index is 0. The smallest absolute Gasteiger partial charge is 0.227 e. The number of hydrogen-bond acceptors (Lipinski definition) is 3. The fourth-order valence-corrected chi connectivity index (χ4v) is 3.69. The summed E-state index contributed by atoms with van der Waals surface area (Å²) in [5.41, 5.74) is 0.843. The first-order chi connectivity index (χ1) is 11.0. The van der Waals surface area contributed by atoms with Crippen LogP contribution in [0.1, 0.15) is 19.8 Å². The number of carbonyl (C=O) groups is 2. The van der Waals surface area contributed by atoms with Gasteiger partial charge in [-0.15, -0.1) is 12.4 Å². The predicted octanol–water partition coefficient (Wildman–Crippen LogP) is 2.34.